The summed E-state index contributed by atoms with van der Waals surface area (Å²) in [7, 11) is 0. The summed E-state index contributed by atoms with van der Waals surface area (Å²) in [5, 5.41) is 2.86. The Morgan fingerprint density at radius 1 is 0.857 bits per heavy atom. The number of benzene rings is 3. The second-order valence-corrected chi connectivity index (χ2v) is 8.37. The Kier molecular flexibility index (Phi) is 7.52. The first-order chi connectivity index (χ1) is 17.0. The van der Waals surface area contributed by atoms with E-state index in [-0.39, 0.29) is 37.5 Å². The van der Waals surface area contributed by atoms with Crippen LogP contribution in [-0.2, 0) is 29.1 Å². The molecular formula is C27H27FN4O3. The lowest BCUT2D eigenvalue weighted by Gasteiger charge is -2.29. The lowest BCUT2D eigenvalue weighted by molar-refractivity contribution is -0.141. The van der Waals surface area contributed by atoms with Crippen LogP contribution in [0.4, 0.5) is 4.39 Å². The van der Waals surface area contributed by atoms with Crippen molar-refractivity contribution in [3.63, 3.8) is 0 Å². The maximum Gasteiger partial charge on any atom is 0.264 e. The first kappa shape index (κ1) is 24.1. The number of carbonyl (C=O) groups is 3. The molecule has 1 unspecified atom stereocenters. The Labute approximate surface area is 203 Å². The number of carbonyl (C=O) groups excluding carboxylic acids is 3. The number of hydrogen-bond donors (Lipinski definition) is 2. The number of hydrogen-bond acceptors (Lipinski definition) is 4. The van der Waals surface area contributed by atoms with E-state index in [0.29, 0.717) is 6.54 Å². The molecule has 1 aliphatic rings. The zero-order chi connectivity index (χ0) is 24.8. The van der Waals surface area contributed by atoms with Gasteiger partial charge in [0.15, 0.2) is 6.17 Å². The Morgan fingerprint density at radius 3 is 2.23 bits per heavy atom. The predicted molar refractivity (Wildman–Crippen MR) is 129 cm³/mol. The van der Waals surface area contributed by atoms with Crippen molar-refractivity contribution in [2.24, 2.45) is 5.73 Å². The standard InChI is InChI=1S/C27H27FN4O3/c28-23-11-9-22(10-12-23)27(35)32-14-13-31(24(33)16-19-5-2-1-3-6-19)26(32)25(34)30-18-21-8-4-7-20(15-21)17-29/h1-12,15,26H,13-14,16-18,29H2,(H,30,34). The Morgan fingerprint density at radius 2 is 1.51 bits per heavy atom. The van der Waals surface area contributed by atoms with Crippen molar-refractivity contribution >= 4 is 17.7 Å². The highest BCUT2D eigenvalue weighted by molar-refractivity contribution is 5.99. The van der Waals surface area contributed by atoms with Crippen LogP contribution in [0.15, 0.2) is 78.9 Å². The molecule has 1 atom stereocenters. The van der Waals surface area contributed by atoms with Gasteiger partial charge in [0.25, 0.3) is 11.8 Å². The lowest BCUT2D eigenvalue weighted by Crippen LogP contribution is -2.54. The van der Waals surface area contributed by atoms with E-state index >= 15 is 0 Å². The summed E-state index contributed by atoms with van der Waals surface area (Å²) in [6.45, 7) is 1.02. The van der Waals surface area contributed by atoms with E-state index in [4.69, 9.17) is 5.73 Å². The number of halogens is 1. The van der Waals surface area contributed by atoms with E-state index < -0.39 is 23.8 Å². The summed E-state index contributed by atoms with van der Waals surface area (Å²) >= 11 is 0. The third-order valence-electron chi connectivity index (χ3n) is 5.97. The van der Waals surface area contributed by atoms with Crippen LogP contribution >= 0.6 is 0 Å². The lowest BCUT2D eigenvalue weighted by atomic mass is 10.1. The molecule has 0 spiro atoms. The van der Waals surface area contributed by atoms with Gasteiger partial charge in [-0.1, -0.05) is 54.6 Å². The van der Waals surface area contributed by atoms with Crippen molar-refractivity contribution in [2.75, 3.05) is 13.1 Å². The molecule has 1 heterocycles. The Bertz CT molecular complexity index is 1200. The molecule has 1 saturated heterocycles. The topological polar surface area (TPSA) is 95.7 Å². The zero-order valence-corrected chi connectivity index (χ0v) is 19.2. The van der Waals surface area contributed by atoms with Gasteiger partial charge in [-0.3, -0.25) is 14.4 Å². The van der Waals surface area contributed by atoms with Gasteiger partial charge in [0, 0.05) is 31.7 Å². The average Bonchev–Trinajstić information content (AvgIpc) is 3.33. The summed E-state index contributed by atoms with van der Waals surface area (Å²) in [5.74, 6) is -1.62. The van der Waals surface area contributed by atoms with Crippen molar-refractivity contribution in [3.05, 3.63) is 107 Å². The fourth-order valence-corrected chi connectivity index (χ4v) is 4.16. The van der Waals surface area contributed by atoms with E-state index in [2.05, 4.69) is 5.32 Å². The first-order valence-corrected chi connectivity index (χ1v) is 11.4. The molecule has 0 aliphatic carbocycles. The summed E-state index contributed by atoms with van der Waals surface area (Å²) in [5.41, 5.74) is 8.57. The second kappa shape index (κ2) is 10.9. The van der Waals surface area contributed by atoms with E-state index in [1.165, 1.54) is 34.1 Å². The number of nitrogens with one attached hydrogen (secondary N) is 1. The van der Waals surface area contributed by atoms with Gasteiger partial charge in [0.2, 0.25) is 5.91 Å². The van der Waals surface area contributed by atoms with Gasteiger partial charge in [-0.15, -0.1) is 0 Å². The summed E-state index contributed by atoms with van der Waals surface area (Å²) < 4.78 is 13.4. The highest BCUT2D eigenvalue weighted by Crippen LogP contribution is 2.21. The normalized spacial score (nSPS) is 15.2. The van der Waals surface area contributed by atoms with Gasteiger partial charge < -0.3 is 20.9 Å². The maximum atomic E-state index is 13.4. The minimum atomic E-state index is -1.11. The van der Waals surface area contributed by atoms with Crippen LogP contribution in [0.2, 0.25) is 0 Å². The van der Waals surface area contributed by atoms with Gasteiger partial charge in [-0.05, 0) is 41.0 Å². The molecule has 7 nitrogen and oxygen atoms in total. The third kappa shape index (κ3) is 5.73. The van der Waals surface area contributed by atoms with Crippen LogP contribution in [0.1, 0.15) is 27.0 Å². The fraction of sp³-hybridized carbons (Fsp3) is 0.222. The molecule has 3 aromatic rings. The smallest absolute Gasteiger partial charge is 0.264 e. The van der Waals surface area contributed by atoms with E-state index in [1.54, 1.807) is 0 Å². The highest BCUT2D eigenvalue weighted by atomic mass is 19.1. The summed E-state index contributed by atoms with van der Waals surface area (Å²) in [6, 6.07) is 21.9. The molecular weight excluding hydrogens is 447 g/mol. The molecule has 0 saturated carbocycles. The van der Waals surface area contributed by atoms with Crippen molar-refractivity contribution in [3.8, 4) is 0 Å². The van der Waals surface area contributed by atoms with Crippen LogP contribution in [-0.4, -0.2) is 46.8 Å². The van der Waals surface area contributed by atoms with Gasteiger partial charge in [0.1, 0.15) is 5.82 Å². The molecule has 180 valence electrons. The summed E-state index contributed by atoms with van der Waals surface area (Å²) in [4.78, 5) is 42.6. The Hall–Kier alpha value is -4.04. The van der Waals surface area contributed by atoms with Crippen molar-refractivity contribution < 1.29 is 18.8 Å². The molecule has 3 aromatic carbocycles. The number of rotatable bonds is 7. The Balaban J connectivity index is 1.55. The monoisotopic (exact) mass is 474 g/mol. The second-order valence-electron chi connectivity index (χ2n) is 8.37. The molecule has 1 aliphatic heterocycles. The fourth-order valence-electron chi connectivity index (χ4n) is 4.16. The van der Waals surface area contributed by atoms with Crippen molar-refractivity contribution in [1.29, 1.82) is 0 Å². The first-order valence-electron chi connectivity index (χ1n) is 11.4. The minimum absolute atomic E-state index is 0.113. The molecule has 0 radical (unpaired) electrons. The molecule has 0 bridgehead atoms. The van der Waals surface area contributed by atoms with Crippen molar-refractivity contribution in [1.82, 2.24) is 15.1 Å². The SMILES string of the molecule is NCc1cccc(CNC(=O)C2N(C(=O)Cc3ccccc3)CCN2C(=O)c2ccc(F)cc2)c1. The zero-order valence-electron chi connectivity index (χ0n) is 19.2. The number of nitrogens with zero attached hydrogens (tertiary/aromatic N) is 2. The quantitative estimate of drug-likeness (QED) is 0.550. The van der Waals surface area contributed by atoms with Crippen LogP contribution in [0, 0.1) is 5.82 Å². The molecule has 0 aromatic heterocycles. The largest absolute Gasteiger partial charge is 0.349 e. The molecule has 3 amide bonds. The highest BCUT2D eigenvalue weighted by Gasteiger charge is 2.42. The maximum absolute atomic E-state index is 13.4. The van der Waals surface area contributed by atoms with E-state index in [1.807, 2.05) is 54.6 Å². The van der Waals surface area contributed by atoms with Crippen LogP contribution in [0.25, 0.3) is 0 Å². The van der Waals surface area contributed by atoms with Crippen LogP contribution < -0.4 is 11.1 Å². The molecule has 1 fully saturated rings. The van der Waals surface area contributed by atoms with Crippen LogP contribution in [0.5, 0.6) is 0 Å². The third-order valence-corrected chi connectivity index (χ3v) is 5.97. The predicted octanol–water partition coefficient (Wildman–Crippen LogP) is 2.45. The van der Waals surface area contributed by atoms with Gasteiger partial charge in [-0.2, -0.15) is 0 Å². The molecule has 3 N–H and O–H groups in total. The van der Waals surface area contributed by atoms with Crippen molar-refractivity contribution in [2.45, 2.75) is 25.7 Å². The minimum Gasteiger partial charge on any atom is -0.349 e. The van der Waals surface area contributed by atoms with Gasteiger partial charge in [-0.25, -0.2) is 4.39 Å². The van der Waals surface area contributed by atoms with E-state index in [9.17, 15) is 18.8 Å². The molecule has 35 heavy (non-hydrogen) atoms. The van der Waals surface area contributed by atoms with E-state index in [0.717, 1.165) is 16.7 Å². The average molecular weight is 475 g/mol. The van der Waals surface area contributed by atoms with Gasteiger partial charge in [0.05, 0.1) is 6.42 Å². The molecule has 4 rings (SSSR count). The number of amides is 3. The number of nitrogens with two attached hydrogens (primary N) is 1. The van der Waals surface area contributed by atoms with Gasteiger partial charge >= 0.3 is 0 Å². The van der Waals surface area contributed by atoms with Crippen LogP contribution in [0.3, 0.4) is 0 Å². The summed E-state index contributed by atoms with van der Waals surface area (Å²) in [6.07, 6.45) is -0.997. The molecule has 8 heteroatoms.